The van der Waals surface area contributed by atoms with E-state index in [0.29, 0.717) is 23.9 Å². The van der Waals surface area contributed by atoms with Crippen LogP contribution in [-0.4, -0.2) is 36.9 Å². The Balaban J connectivity index is 1.61. The minimum Gasteiger partial charge on any atom is -0.491 e. The highest BCUT2D eigenvalue weighted by Crippen LogP contribution is 2.22. The Morgan fingerprint density at radius 2 is 2.21 bits per heavy atom. The van der Waals surface area contributed by atoms with Crippen molar-refractivity contribution in [3.8, 4) is 5.75 Å². The van der Waals surface area contributed by atoms with Crippen molar-refractivity contribution >= 4 is 11.0 Å². The van der Waals surface area contributed by atoms with Gasteiger partial charge >= 0.3 is 5.63 Å². The molecule has 0 spiro atoms. The summed E-state index contributed by atoms with van der Waals surface area (Å²) in [6, 6.07) is 7.53. The van der Waals surface area contributed by atoms with Gasteiger partial charge in [0.25, 0.3) is 0 Å². The monoisotopic (exact) mass is 332 g/mol. The molecule has 0 aliphatic carbocycles. The lowest BCUT2D eigenvalue weighted by Crippen LogP contribution is -3.17. The van der Waals surface area contributed by atoms with Crippen molar-refractivity contribution in [2.75, 3.05) is 19.7 Å². The maximum absolute atomic E-state index is 11.5. The van der Waals surface area contributed by atoms with Crippen LogP contribution in [0.5, 0.6) is 5.75 Å². The van der Waals surface area contributed by atoms with Crippen molar-refractivity contribution in [1.82, 2.24) is 0 Å². The van der Waals surface area contributed by atoms with Gasteiger partial charge in [0.15, 0.2) is 0 Å². The summed E-state index contributed by atoms with van der Waals surface area (Å²) >= 11 is 0. The Bertz CT molecular complexity index is 755. The van der Waals surface area contributed by atoms with Crippen molar-refractivity contribution in [3.05, 3.63) is 40.2 Å². The molecule has 1 fully saturated rings. The van der Waals surface area contributed by atoms with E-state index in [-0.39, 0.29) is 12.2 Å². The van der Waals surface area contributed by atoms with Crippen LogP contribution in [0.25, 0.3) is 11.0 Å². The van der Waals surface area contributed by atoms with Crippen molar-refractivity contribution < 1.29 is 19.2 Å². The highest BCUT2D eigenvalue weighted by Gasteiger charge is 2.24. The maximum Gasteiger partial charge on any atom is 0.336 e. The van der Waals surface area contributed by atoms with Gasteiger partial charge < -0.3 is 19.2 Å². The highest BCUT2D eigenvalue weighted by molar-refractivity contribution is 5.81. The Kier molecular flexibility index (Phi) is 5.21. The predicted octanol–water partition coefficient (Wildman–Crippen LogP) is 1.30. The molecule has 1 aromatic heterocycles. The zero-order valence-electron chi connectivity index (χ0n) is 14.4. The number of hydrogen-bond acceptors (Lipinski definition) is 4. The number of aliphatic hydroxyl groups is 1. The van der Waals surface area contributed by atoms with Gasteiger partial charge in [0.05, 0.1) is 12.6 Å². The first-order valence-electron chi connectivity index (χ1n) is 8.73. The van der Waals surface area contributed by atoms with Crippen molar-refractivity contribution in [2.24, 2.45) is 0 Å². The molecule has 0 radical (unpaired) electrons. The number of fused-ring (bicyclic) bond motifs is 1. The minimum atomic E-state index is -0.499. The Morgan fingerprint density at radius 3 is 3.00 bits per heavy atom. The second kappa shape index (κ2) is 7.36. The average Bonchev–Trinajstić information content (AvgIpc) is 2.54. The summed E-state index contributed by atoms with van der Waals surface area (Å²) in [5, 5.41) is 11.2. The SMILES string of the molecule is Cc1cc(=O)oc2cc(OC[C@@H](O)C[NH+]3CCCC[C@@H]3C)ccc12. The molecule has 2 aromatic rings. The fourth-order valence-electron chi connectivity index (χ4n) is 3.51. The number of ether oxygens (including phenoxy) is 1. The Labute approximate surface area is 141 Å². The van der Waals surface area contributed by atoms with Crippen LogP contribution in [0.2, 0.25) is 0 Å². The molecule has 0 saturated carbocycles. The predicted molar refractivity (Wildman–Crippen MR) is 92.7 cm³/mol. The van der Waals surface area contributed by atoms with E-state index < -0.39 is 6.10 Å². The summed E-state index contributed by atoms with van der Waals surface area (Å²) in [6.07, 6.45) is 3.25. The molecular formula is C19H26NO4+. The molecule has 1 saturated heterocycles. The molecule has 1 aromatic carbocycles. The van der Waals surface area contributed by atoms with Gasteiger partial charge in [-0.2, -0.15) is 0 Å². The van der Waals surface area contributed by atoms with Crippen LogP contribution in [0.1, 0.15) is 31.7 Å². The molecule has 1 unspecified atom stereocenters. The van der Waals surface area contributed by atoms with Crippen molar-refractivity contribution in [2.45, 2.75) is 45.3 Å². The molecule has 0 bridgehead atoms. The number of likely N-dealkylation sites (tertiary alicyclic amines) is 1. The smallest absolute Gasteiger partial charge is 0.336 e. The third kappa shape index (κ3) is 3.97. The van der Waals surface area contributed by atoms with E-state index >= 15 is 0 Å². The first-order valence-corrected chi connectivity index (χ1v) is 8.73. The molecule has 3 rings (SSSR count). The average molecular weight is 332 g/mol. The fraction of sp³-hybridized carbons (Fsp3) is 0.526. The lowest BCUT2D eigenvalue weighted by molar-refractivity contribution is -0.931. The topological polar surface area (TPSA) is 64.1 Å². The van der Waals surface area contributed by atoms with Gasteiger partial charge in [-0.15, -0.1) is 0 Å². The van der Waals surface area contributed by atoms with Gasteiger partial charge in [-0.1, -0.05) is 0 Å². The second-order valence-corrected chi connectivity index (χ2v) is 6.88. The first kappa shape index (κ1) is 17.0. The molecule has 5 heteroatoms. The molecule has 3 atom stereocenters. The molecule has 5 nitrogen and oxygen atoms in total. The molecule has 0 amide bonds. The van der Waals surface area contributed by atoms with Gasteiger partial charge in [0.2, 0.25) is 0 Å². The maximum atomic E-state index is 11.5. The van der Waals surface area contributed by atoms with E-state index in [2.05, 4.69) is 6.92 Å². The van der Waals surface area contributed by atoms with Gasteiger partial charge in [-0.25, -0.2) is 4.79 Å². The summed E-state index contributed by atoms with van der Waals surface area (Å²) in [5.74, 6) is 0.608. The van der Waals surface area contributed by atoms with Gasteiger partial charge in [-0.05, 0) is 50.8 Å². The summed E-state index contributed by atoms with van der Waals surface area (Å²) in [6.45, 7) is 6.21. The summed E-state index contributed by atoms with van der Waals surface area (Å²) < 4.78 is 10.9. The number of piperidine rings is 1. The van der Waals surface area contributed by atoms with E-state index in [1.807, 2.05) is 19.1 Å². The number of aryl methyl sites for hydroxylation is 1. The Morgan fingerprint density at radius 1 is 1.38 bits per heavy atom. The standard InChI is InChI=1S/C19H25NO4/c1-13-9-19(22)24-18-10-16(6-7-17(13)18)23-12-15(21)11-20-8-4-3-5-14(20)2/h6-7,9-10,14-15,21H,3-5,8,11-12H2,1-2H3/p+1/t14-,15-/m0/s1. The van der Waals surface area contributed by atoms with Crippen LogP contribution in [-0.2, 0) is 0 Å². The van der Waals surface area contributed by atoms with Crippen LogP contribution < -0.4 is 15.3 Å². The first-order chi connectivity index (χ1) is 11.5. The molecule has 24 heavy (non-hydrogen) atoms. The van der Waals surface area contributed by atoms with Crippen LogP contribution >= 0.6 is 0 Å². The van der Waals surface area contributed by atoms with Crippen LogP contribution in [0.3, 0.4) is 0 Å². The number of nitrogens with one attached hydrogen (secondary N) is 1. The van der Waals surface area contributed by atoms with E-state index in [9.17, 15) is 9.90 Å². The summed E-state index contributed by atoms with van der Waals surface area (Å²) in [5.41, 5.74) is 1.04. The van der Waals surface area contributed by atoms with E-state index in [1.165, 1.54) is 30.2 Å². The second-order valence-electron chi connectivity index (χ2n) is 6.88. The van der Waals surface area contributed by atoms with Crippen molar-refractivity contribution in [1.29, 1.82) is 0 Å². The third-order valence-corrected chi connectivity index (χ3v) is 4.94. The number of hydrogen-bond donors (Lipinski definition) is 2. The molecule has 1 aliphatic rings. The van der Waals surface area contributed by atoms with E-state index in [0.717, 1.165) is 17.5 Å². The molecule has 2 N–H and O–H groups in total. The summed E-state index contributed by atoms with van der Waals surface area (Å²) in [4.78, 5) is 12.9. The molecular weight excluding hydrogens is 306 g/mol. The quantitative estimate of drug-likeness (QED) is 0.810. The lowest BCUT2D eigenvalue weighted by Gasteiger charge is -2.31. The molecule has 130 valence electrons. The van der Waals surface area contributed by atoms with Crippen LogP contribution in [0.4, 0.5) is 0 Å². The highest BCUT2D eigenvalue weighted by atomic mass is 16.5. The van der Waals surface area contributed by atoms with Gasteiger partial charge in [0.1, 0.15) is 30.6 Å². The number of rotatable bonds is 5. The van der Waals surface area contributed by atoms with Crippen LogP contribution in [0, 0.1) is 6.92 Å². The van der Waals surface area contributed by atoms with Gasteiger partial charge in [0, 0.05) is 17.5 Å². The van der Waals surface area contributed by atoms with E-state index in [1.54, 1.807) is 6.07 Å². The normalized spacial score (nSPS) is 22.5. The lowest BCUT2D eigenvalue weighted by atomic mass is 10.0. The zero-order valence-corrected chi connectivity index (χ0v) is 14.4. The fourth-order valence-corrected chi connectivity index (χ4v) is 3.51. The zero-order chi connectivity index (χ0) is 17.1. The Hall–Kier alpha value is -1.85. The van der Waals surface area contributed by atoms with E-state index in [4.69, 9.17) is 9.15 Å². The summed E-state index contributed by atoms with van der Waals surface area (Å²) in [7, 11) is 0. The number of aliphatic hydroxyl groups excluding tert-OH is 1. The van der Waals surface area contributed by atoms with Crippen LogP contribution in [0.15, 0.2) is 33.5 Å². The molecule has 2 heterocycles. The number of benzene rings is 1. The van der Waals surface area contributed by atoms with Crippen molar-refractivity contribution in [3.63, 3.8) is 0 Å². The number of quaternary nitrogens is 1. The molecule has 1 aliphatic heterocycles. The third-order valence-electron chi connectivity index (χ3n) is 4.94. The largest absolute Gasteiger partial charge is 0.491 e. The minimum absolute atomic E-state index is 0.248. The van der Waals surface area contributed by atoms with Gasteiger partial charge in [-0.3, -0.25) is 0 Å².